The molecule has 1 aliphatic rings. The number of rotatable bonds is 4. The summed E-state index contributed by atoms with van der Waals surface area (Å²) in [5.41, 5.74) is 3.20. The second kappa shape index (κ2) is 4.88. The predicted molar refractivity (Wildman–Crippen MR) is 81.6 cm³/mol. The molecule has 0 spiro atoms. The summed E-state index contributed by atoms with van der Waals surface area (Å²) in [4.78, 5) is 0. The van der Waals surface area contributed by atoms with E-state index in [9.17, 15) is 4.39 Å². The van der Waals surface area contributed by atoms with Crippen molar-refractivity contribution in [2.24, 2.45) is 5.92 Å². The number of H-pyrrole nitrogens is 1. The molecule has 106 valence electrons. The number of anilines is 1. The third-order valence-corrected chi connectivity index (χ3v) is 4.11. The highest BCUT2D eigenvalue weighted by atomic mass is 19.1. The number of aromatic nitrogens is 2. The summed E-state index contributed by atoms with van der Waals surface area (Å²) in [6.07, 6.45) is 4.26. The van der Waals surface area contributed by atoms with E-state index < -0.39 is 0 Å². The van der Waals surface area contributed by atoms with Crippen LogP contribution in [0.5, 0.6) is 0 Å². The van der Waals surface area contributed by atoms with Crippen LogP contribution in [-0.2, 0) is 0 Å². The molecule has 1 heterocycles. The third-order valence-electron chi connectivity index (χ3n) is 4.11. The summed E-state index contributed by atoms with van der Waals surface area (Å²) in [7, 11) is 0. The molecule has 21 heavy (non-hydrogen) atoms. The van der Waals surface area contributed by atoms with Crippen molar-refractivity contribution in [2.45, 2.75) is 18.9 Å². The molecule has 0 radical (unpaired) electrons. The number of nitrogens with one attached hydrogen (secondary N) is 2. The Morgan fingerprint density at radius 2 is 1.95 bits per heavy atom. The lowest BCUT2D eigenvalue weighted by molar-refractivity contribution is 0.622. The van der Waals surface area contributed by atoms with Gasteiger partial charge in [0.2, 0.25) is 0 Å². The van der Waals surface area contributed by atoms with E-state index in [1.807, 2.05) is 30.5 Å². The van der Waals surface area contributed by atoms with Crippen LogP contribution >= 0.6 is 0 Å². The molecule has 4 heteroatoms. The fourth-order valence-electron chi connectivity index (χ4n) is 2.83. The molecule has 1 saturated carbocycles. The lowest BCUT2D eigenvalue weighted by atomic mass is 10.0. The van der Waals surface area contributed by atoms with Crippen LogP contribution in [0.15, 0.2) is 48.7 Å². The molecule has 0 amide bonds. The van der Waals surface area contributed by atoms with E-state index in [4.69, 9.17) is 0 Å². The van der Waals surface area contributed by atoms with Crippen LogP contribution in [0.3, 0.4) is 0 Å². The number of hydrogen-bond donors (Lipinski definition) is 2. The maximum absolute atomic E-state index is 13.1. The van der Waals surface area contributed by atoms with Crippen molar-refractivity contribution in [3.63, 3.8) is 0 Å². The van der Waals surface area contributed by atoms with Crippen LogP contribution in [0.4, 0.5) is 10.1 Å². The lowest BCUT2D eigenvalue weighted by Crippen LogP contribution is -2.13. The number of halogens is 1. The lowest BCUT2D eigenvalue weighted by Gasteiger charge is -2.20. The molecule has 0 saturated heterocycles. The van der Waals surface area contributed by atoms with Crippen molar-refractivity contribution in [1.29, 1.82) is 0 Å². The van der Waals surface area contributed by atoms with Crippen LogP contribution in [0.2, 0.25) is 0 Å². The molecule has 1 aliphatic carbocycles. The van der Waals surface area contributed by atoms with Crippen molar-refractivity contribution in [2.75, 3.05) is 5.32 Å². The highest BCUT2D eigenvalue weighted by Crippen LogP contribution is 2.43. The molecule has 0 aliphatic heterocycles. The maximum atomic E-state index is 13.1. The summed E-state index contributed by atoms with van der Waals surface area (Å²) in [5, 5.41) is 11.8. The second-order valence-corrected chi connectivity index (χ2v) is 5.65. The monoisotopic (exact) mass is 281 g/mol. The van der Waals surface area contributed by atoms with E-state index in [0.29, 0.717) is 5.92 Å². The van der Waals surface area contributed by atoms with Crippen molar-refractivity contribution in [3.8, 4) is 0 Å². The molecule has 1 atom stereocenters. The number of hydrogen-bond acceptors (Lipinski definition) is 2. The van der Waals surface area contributed by atoms with Crippen molar-refractivity contribution < 1.29 is 4.39 Å². The molecule has 1 fully saturated rings. The number of nitrogens with zero attached hydrogens (tertiary/aromatic N) is 1. The Hall–Kier alpha value is -2.36. The minimum absolute atomic E-state index is 0.191. The molecular formula is C17H16FN3. The molecule has 1 aromatic heterocycles. The van der Waals surface area contributed by atoms with Gasteiger partial charge in [-0.1, -0.05) is 24.3 Å². The van der Waals surface area contributed by atoms with Crippen molar-refractivity contribution >= 4 is 16.6 Å². The van der Waals surface area contributed by atoms with Crippen LogP contribution in [-0.4, -0.2) is 10.2 Å². The largest absolute Gasteiger partial charge is 0.376 e. The van der Waals surface area contributed by atoms with Crippen molar-refractivity contribution in [3.05, 3.63) is 60.0 Å². The van der Waals surface area contributed by atoms with Gasteiger partial charge in [-0.15, -0.1) is 0 Å². The van der Waals surface area contributed by atoms with Gasteiger partial charge in [-0.05, 0) is 42.5 Å². The van der Waals surface area contributed by atoms with E-state index in [1.54, 1.807) is 0 Å². The predicted octanol–water partition coefficient (Wildman–Crippen LogP) is 4.27. The smallest absolute Gasteiger partial charge is 0.123 e. The van der Waals surface area contributed by atoms with Gasteiger partial charge >= 0.3 is 0 Å². The fourth-order valence-corrected chi connectivity index (χ4v) is 2.83. The Balaban J connectivity index is 1.69. The summed E-state index contributed by atoms with van der Waals surface area (Å²) in [5.74, 6) is 0.428. The van der Waals surface area contributed by atoms with E-state index in [-0.39, 0.29) is 11.9 Å². The van der Waals surface area contributed by atoms with Crippen molar-refractivity contribution in [1.82, 2.24) is 10.2 Å². The molecular weight excluding hydrogens is 265 g/mol. The Bertz CT molecular complexity index is 759. The molecule has 1 unspecified atom stereocenters. The van der Waals surface area contributed by atoms with E-state index >= 15 is 0 Å². The zero-order valence-electron chi connectivity index (χ0n) is 11.5. The number of aromatic amines is 1. The van der Waals surface area contributed by atoms with E-state index in [1.165, 1.54) is 25.0 Å². The van der Waals surface area contributed by atoms with Crippen LogP contribution in [0.25, 0.3) is 10.9 Å². The van der Waals surface area contributed by atoms with Gasteiger partial charge in [0.1, 0.15) is 5.82 Å². The fraction of sp³-hybridized carbons (Fsp3) is 0.235. The quantitative estimate of drug-likeness (QED) is 0.750. The van der Waals surface area contributed by atoms with Crippen LogP contribution < -0.4 is 5.32 Å². The third kappa shape index (κ3) is 2.37. The van der Waals surface area contributed by atoms with Gasteiger partial charge in [0.05, 0.1) is 23.4 Å². The number of para-hydroxylation sites is 1. The standard InChI is InChI=1S/C17H16FN3/c18-14-8-6-12(7-9-14)16(11-4-5-11)20-15-3-1-2-13-10-19-21-17(13)15/h1-3,6-11,16,20H,4-5H2,(H,19,21). The van der Waals surface area contributed by atoms with Gasteiger partial charge in [-0.3, -0.25) is 5.10 Å². The first-order valence-electron chi connectivity index (χ1n) is 7.25. The SMILES string of the molecule is Fc1ccc(C(Nc2cccc3cn[nH]c23)C2CC2)cc1. The topological polar surface area (TPSA) is 40.7 Å². The van der Waals surface area contributed by atoms with Gasteiger partial charge in [-0.2, -0.15) is 5.10 Å². The van der Waals surface area contributed by atoms with Gasteiger partial charge in [0.15, 0.2) is 0 Å². The summed E-state index contributed by atoms with van der Waals surface area (Å²) in [6, 6.07) is 13.1. The Morgan fingerprint density at radius 3 is 2.71 bits per heavy atom. The van der Waals surface area contributed by atoms with Crippen LogP contribution in [0, 0.1) is 11.7 Å². The second-order valence-electron chi connectivity index (χ2n) is 5.65. The summed E-state index contributed by atoms with van der Waals surface area (Å²) < 4.78 is 13.1. The summed E-state index contributed by atoms with van der Waals surface area (Å²) in [6.45, 7) is 0. The average molecular weight is 281 g/mol. The van der Waals surface area contributed by atoms with Gasteiger partial charge in [-0.25, -0.2) is 4.39 Å². The normalized spacial score (nSPS) is 16.0. The summed E-state index contributed by atoms with van der Waals surface area (Å²) >= 11 is 0. The minimum Gasteiger partial charge on any atom is -0.376 e. The highest BCUT2D eigenvalue weighted by Gasteiger charge is 2.32. The highest BCUT2D eigenvalue weighted by molar-refractivity contribution is 5.90. The molecule has 4 rings (SSSR count). The minimum atomic E-state index is -0.191. The molecule has 3 aromatic rings. The Labute approximate surface area is 122 Å². The molecule has 0 bridgehead atoms. The Morgan fingerprint density at radius 1 is 1.14 bits per heavy atom. The van der Waals surface area contributed by atoms with Gasteiger partial charge < -0.3 is 5.32 Å². The molecule has 2 aromatic carbocycles. The number of fused-ring (bicyclic) bond motifs is 1. The van der Waals surface area contributed by atoms with Gasteiger partial charge in [0, 0.05) is 5.39 Å². The maximum Gasteiger partial charge on any atom is 0.123 e. The first-order valence-corrected chi connectivity index (χ1v) is 7.25. The first kappa shape index (κ1) is 12.4. The molecule has 2 N–H and O–H groups in total. The average Bonchev–Trinajstić information content (AvgIpc) is 3.22. The zero-order chi connectivity index (χ0) is 14.2. The molecule has 3 nitrogen and oxygen atoms in total. The van der Waals surface area contributed by atoms with Gasteiger partial charge in [0.25, 0.3) is 0 Å². The zero-order valence-corrected chi connectivity index (χ0v) is 11.5. The number of benzene rings is 2. The van der Waals surface area contributed by atoms with Crippen LogP contribution in [0.1, 0.15) is 24.4 Å². The first-order chi connectivity index (χ1) is 10.3. The Kier molecular flexibility index (Phi) is 2.88. The van der Waals surface area contributed by atoms with E-state index in [0.717, 1.165) is 22.2 Å². The van der Waals surface area contributed by atoms with E-state index in [2.05, 4.69) is 21.6 Å².